The Morgan fingerprint density at radius 3 is 2.52 bits per heavy atom. The highest BCUT2D eigenvalue weighted by atomic mass is 32.1. The van der Waals surface area contributed by atoms with Gasteiger partial charge in [-0.3, -0.25) is 9.59 Å². The summed E-state index contributed by atoms with van der Waals surface area (Å²) in [6, 6.07) is 9.68. The van der Waals surface area contributed by atoms with Crippen LogP contribution in [0.2, 0.25) is 0 Å². The number of alkyl halides is 3. The molecular formula is C20H18F3N3O2S. The van der Waals surface area contributed by atoms with E-state index in [1.165, 1.54) is 16.9 Å². The van der Waals surface area contributed by atoms with Crippen molar-refractivity contribution in [2.45, 2.75) is 32.5 Å². The standard InChI is InChI=1S/C20H18F3N3O2S/c1-12(2)13-5-7-14(8-6-13)16-11-29-19(24-16)25-17(27)10-26-9-3-4-15(18(26)28)20(21,22)23/h3-9,11-12H,10H2,1-2H3,(H,24,25,27). The van der Waals surface area contributed by atoms with Gasteiger partial charge in [0.15, 0.2) is 5.13 Å². The van der Waals surface area contributed by atoms with Gasteiger partial charge in [0.25, 0.3) is 5.56 Å². The van der Waals surface area contributed by atoms with Crippen molar-refractivity contribution >= 4 is 22.4 Å². The van der Waals surface area contributed by atoms with Crippen molar-refractivity contribution in [3.8, 4) is 11.3 Å². The zero-order valence-electron chi connectivity index (χ0n) is 15.7. The van der Waals surface area contributed by atoms with Gasteiger partial charge < -0.3 is 9.88 Å². The van der Waals surface area contributed by atoms with E-state index in [1.807, 2.05) is 24.3 Å². The average Bonchev–Trinajstić information content (AvgIpc) is 3.11. The second kappa shape index (κ2) is 8.20. The maximum atomic E-state index is 12.8. The predicted octanol–water partition coefficient (Wildman–Crippen LogP) is 4.75. The number of benzene rings is 1. The van der Waals surface area contributed by atoms with Crippen LogP contribution >= 0.6 is 11.3 Å². The van der Waals surface area contributed by atoms with Crippen LogP contribution in [-0.2, 0) is 17.5 Å². The van der Waals surface area contributed by atoms with Gasteiger partial charge in [-0.05, 0) is 23.6 Å². The van der Waals surface area contributed by atoms with Crippen molar-refractivity contribution in [2.24, 2.45) is 0 Å². The Bertz CT molecular complexity index is 1070. The largest absolute Gasteiger partial charge is 0.421 e. The van der Waals surface area contributed by atoms with E-state index in [1.54, 1.807) is 5.38 Å². The molecule has 0 fully saturated rings. The fraction of sp³-hybridized carbons (Fsp3) is 0.250. The molecule has 0 atom stereocenters. The number of rotatable bonds is 5. The van der Waals surface area contributed by atoms with Crippen molar-refractivity contribution in [3.05, 3.63) is 69.5 Å². The number of hydrogen-bond acceptors (Lipinski definition) is 4. The number of pyridine rings is 1. The van der Waals surface area contributed by atoms with E-state index in [2.05, 4.69) is 24.1 Å². The topological polar surface area (TPSA) is 64.0 Å². The van der Waals surface area contributed by atoms with Crippen LogP contribution in [0.5, 0.6) is 0 Å². The fourth-order valence-corrected chi connectivity index (χ4v) is 3.43. The molecule has 2 aromatic heterocycles. The van der Waals surface area contributed by atoms with Crippen LogP contribution in [0, 0.1) is 0 Å². The third-order valence-electron chi connectivity index (χ3n) is 4.26. The highest BCUT2D eigenvalue weighted by Gasteiger charge is 2.34. The van der Waals surface area contributed by atoms with E-state index in [0.29, 0.717) is 22.8 Å². The number of carbonyl (C=O) groups excluding carboxylic acids is 1. The average molecular weight is 421 g/mol. The number of hydrogen-bond donors (Lipinski definition) is 1. The Hall–Kier alpha value is -2.94. The molecule has 0 spiro atoms. The molecular weight excluding hydrogens is 403 g/mol. The van der Waals surface area contributed by atoms with E-state index in [4.69, 9.17) is 0 Å². The number of thiazole rings is 1. The third kappa shape index (κ3) is 4.92. The van der Waals surface area contributed by atoms with Crippen LogP contribution in [0.3, 0.4) is 0 Å². The molecule has 0 aliphatic heterocycles. The van der Waals surface area contributed by atoms with E-state index in [-0.39, 0.29) is 0 Å². The zero-order chi connectivity index (χ0) is 21.2. The summed E-state index contributed by atoms with van der Waals surface area (Å²) in [5, 5.41) is 4.60. The van der Waals surface area contributed by atoms with Gasteiger partial charge >= 0.3 is 6.18 Å². The molecule has 0 unspecified atom stereocenters. The van der Waals surface area contributed by atoms with Crippen molar-refractivity contribution in [2.75, 3.05) is 5.32 Å². The summed E-state index contributed by atoms with van der Waals surface area (Å²) in [4.78, 5) is 28.4. The summed E-state index contributed by atoms with van der Waals surface area (Å²) in [5.74, 6) is -0.226. The lowest BCUT2D eigenvalue weighted by molar-refractivity contribution is -0.139. The van der Waals surface area contributed by atoms with E-state index < -0.39 is 29.8 Å². The number of amides is 1. The Kier molecular flexibility index (Phi) is 5.88. The summed E-state index contributed by atoms with van der Waals surface area (Å²) >= 11 is 1.19. The molecule has 2 heterocycles. The molecule has 29 heavy (non-hydrogen) atoms. The third-order valence-corrected chi connectivity index (χ3v) is 5.02. The summed E-state index contributed by atoms with van der Waals surface area (Å²) in [5.41, 5.74) is 0.190. The minimum atomic E-state index is -4.77. The van der Waals surface area contributed by atoms with Crippen molar-refractivity contribution < 1.29 is 18.0 Å². The molecule has 0 radical (unpaired) electrons. The van der Waals surface area contributed by atoms with Crippen LogP contribution < -0.4 is 10.9 Å². The van der Waals surface area contributed by atoms with E-state index >= 15 is 0 Å². The van der Waals surface area contributed by atoms with Crippen molar-refractivity contribution in [1.29, 1.82) is 0 Å². The first kappa shape index (κ1) is 20.8. The van der Waals surface area contributed by atoms with Crippen LogP contribution in [0.1, 0.15) is 30.9 Å². The lowest BCUT2D eigenvalue weighted by Gasteiger charge is -2.09. The SMILES string of the molecule is CC(C)c1ccc(-c2csc(NC(=O)Cn3cccc(C(F)(F)F)c3=O)n2)cc1. The van der Waals surface area contributed by atoms with Gasteiger partial charge in [-0.25, -0.2) is 4.98 Å². The van der Waals surface area contributed by atoms with Gasteiger partial charge in [0.2, 0.25) is 5.91 Å². The Morgan fingerprint density at radius 2 is 1.90 bits per heavy atom. The Labute approximate surface area is 168 Å². The molecule has 0 aliphatic carbocycles. The Balaban J connectivity index is 1.70. The molecule has 1 amide bonds. The monoisotopic (exact) mass is 421 g/mol. The first-order chi connectivity index (χ1) is 13.6. The zero-order valence-corrected chi connectivity index (χ0v) is 16.5. The van der Waals surface area contributed by atoms with Gasteiger partial charge in [-0.1, -0.05) is 38.1 Å². The highest BCUT2D eigenvalue weighted by Crippen LogP contribution is 2.27. The maximum absolute atomic E-state index is 12.8. The van der Waals surface area contributed by atoms with Crippen LogP contribution in [0.15, 0.2) is 52.8 Å². The number of halogens is 3. The van der Waals surface area contributed by atoms with Crippen LogP contribution in [-0.4, -0.2) is 15.5 Å². The van der Waals surface area contributed by atoms with Crippen molar-refractivity contribution in [3.63, 3.8) is 0 Å². The molecule has 9 heteroatoms. The summed E-state index contributed by atoms with van der Waals surface area (Å²) < 4.78 is 39.2. The molecule has 1 aromatic carbocycles. The smallest absolute Gasteiger partial charge is 0.306 e. The van der Waals surface area contributed by atoms with E-state index in [9.17, 15) is 22.8 Å². The van der Waals surface area contributed by atoms with Crippen molar-refractivity contribution in [1.82, 2.24) is 9.55 Å². The summed E-state index contributed by atoms with van der Waals surface area (Å²) in [7, 11) is 0. The van der Waals surface area contributed by atoms with Crippen LogP contribution in [0.25, 0.3) is 11.3 Å². The maximum Gasteiger partial charge on any atom is 0.421 e. The number of nitrogens with zero attached hydrogens (tertiary/aromatic N) is 2. The fourth-order valence-electron chi connectivity index (χ4n) is 2.69. The molecule has 5 nitrogen and oxygen atoms in total. The molecule has 0 saturated heterocycles. The second-order valence-electron chi connectivity index (χ2n) is 6.72. The van der Waals surface area contributed by atoms with Gasteiger partial charge in [0, 0.05) is 17.1 Å². The first-order valence-corrected chi connectivity index (χ1v) is 9.65. The second-order valence-corrected chi connectivity index (χ2v) is 7.57. The lowest BCUT2D eigenvalue weighted by atomic mass is 10.0. The lowest BCUT2D eigenvalue weighted by Crippen LogP contribution is -2.31. The normalized spacial score (nSPS) is 11.7. The molecule has 1 N–H and O–H groups in total. The molecule has 0 saturated carbocycles. The van der Waals surface area contributed by atoms with Crippen LogP contribution in [0.4, 0.5) is 18.3 Å². The highest BCUT2D eigenvalue weighted by molar-refractivity contribution is 7.14. The predicted molar refractivity (Wildman–Crippen MR) is 106 cm³/mol. The minimum absolute atomic E-state index is 0.304. The summed E-state index contributed by atoms with van der Waals surface area (Å²) in [6.45, 7) is 3.66. The van der Waals surface area contributed by atoms with Gasteiger partial charge in [0.1, 0.15) is 12.1 Å². The summed E-state index contributed by atoms with van der Waals surface area (Å²) in [6.07, 6.45) is -3.63. The first-order valence-electron chi connectivity index (χ1n) is 8.77. The molecule has 152 valence electrons. The number of anilines is 1. The molecule has 3 rings (SSSR count). The number of carbonyl (C=O) groups is 1. The number of nitrogens with one attached hydrogen (secondary N) is 1. The molecule has 0 bridgehead atoms. The van der Waals surface area contributed by atoms with Gasteiger partial charge in [-0.15, -0.1) is 11.3 Å². The Morgan fingerprint density at radius 1 is 1.21 bits per heavy atom. The molecule has 0 aliphatic rings. The number of aromatic nitrogens is 2. The molecule has 3 aromatic rings. The minimum Gasteiger partial charge on any atom is -0.306 e. The quantitative estimate of drug-likeness (QED) is 0.647. The van der Waals surface area contributed by atoms with Gasteiger partial charge in [-0.2, -0.15) is 13.2 Å². The van der Waals surface area contributed by atoms with E-state index in [0.717, 1.165) is 22.4 Å². The van der Waals surface area contributed by atoms with Gasteiger partial charge in [0.05, 0.1) is 5.69 Å².